The number of nitrogens with one attached hydrogen (secondary N) is 1. The van der Waals surface area contributed by atoms with Crippen LogP contribution in [0.25, 0.3) is 10.9 Å². The molecule has 37 heavy (non-hydrogen) atoms. The average molecular weight is 503 g/mol. The predicted molar refractivity (Wildman–Crippen MR) is 145 cm³/mol. The molecule has 5 rings (SSSR count). The van der Waals surface area contributed by atoms with E-state index in [2.05, 4.69) is 35.2 Å². The average Bonchev–Trinajstić information content (AvgIpc) is 2.90. The van der Waals surface area contributed by atoms with Gasteiger partial charge in [0.05, 0.1) is 49.4 Å². The van der Waals surface area contributed by atoms with E-state index in [1.165, 1.54) is 0 Å². The van der Waals surface area contributed by atoms with Gasteiger partial charge in [-0.1, -0.05) is 12.1 Å². The van der Waals surface area contributed by atoms with E-state index in [9.17, 15) is 10.1 Å². The number of fused-ring (bicyclic) bond motifs is 1. The van der Waals surface area contributed by atoms with Gasteiger partial charge in [0.15, 0.2) is 0 Å². The summed E-state index contributed by atoms with van der Waals surface area (Å²) in [6, 6.07) is 7.93. The Morgan fingerprint density at radius 1 is 1.08 bits per heavy atom. The van der Waals surface area contributed by atoms with E-state index in [0.717, 1.165) is 42.7 Å². The zero-order valence-electron chi connectivity index (χ0n) is 22.0. The number of benzene rings is 1. The van der Waals surface area contributed by atoms with Crippen molar-refractivity contribution in [3.05, 3.63) is 57.3 Å². The molecule has 4 heterocycles. The second-order valence-electron chi connectivity index (χ2n) is 9.86. The highest BCUT2D eigenvalue weighted by Crippen LogP contribution is 2.31. The van der Waals surface area contributed by atoms with Gasteiger partial charge in [-0.3, -0.25) is 4.79 Å². The quantitative estimate of drug-likeness (QED) is 0.562. The molecule has 0 radical (unpaired) electrons. The molecule has 1 atom stereocenters. The van der Waals surface area contributed by atoms with Gasteiger partial charge in [-0.05, 0) is 45.0 Å². The number of aromatic nitrogens is 3. The molecule has 1 N–H and O–H groups in total. The van der Waals surface area contributed by atoms with Crippen LogP contribution < -0.4 is 20.8 Å². The Hall–Kier alpha value is -3.68. The summed E-state index contributed by atoms with van der Waals surface area (Å²) in [6.45, 7) is 11.6. The number of rotatable bonds is 5. The fourth-order valence-electron chi connectivity index (χ4n) is 5.21. The number of pyridine rings is 1. The van der Waals surface area contributed by atoms with E-state index in [1.54, 1.807) is 4.68 Å². The van der Waals surface area contributed by atoms with Crippen molar-refractivity contribution in [3.8, 4) is 6.07 Å². The van der Waals surface area contributed by atoms with Crippen LogP contribution in [0.2, 0.25) is 0 Å². The number of piperazine rings is 1. The van der Waals surface area contributed by atoms with Crippen molar-refractivity contribution >= 4 is 22.4 Å². The highest BCUT2D eigenvalue weighted by atomic mass is 16.5. The van der Waals surface area contributed by atoms with Crippen molar-refractivity contribution in [2.75, 3.05) is 74.8 Å². The first-order valence-corrected chi connectivity index (χ1v) is 12.8. The molecule has 3 aromatic rings. The van der Waals surface area contributed by atoms with Gasteiger partial charge in [0.1, 0.15) is 22.8 Å². The first-order valence-electron chi connectivity index (χ1n) is 12.8. The van der Waals surface area contributed by atoms with E-state index >= 15 is 0 Å². The van der Waals surface area contributed by atoms with Crippen LogP contribution >= 0.6 is 0 Å². The van der Waals surface area contributed by atoms with Crippen molar-refractivity contribution in [2.24, 2.45) is 0 Å². The van der Waals surface area contributed by atoms with Crippen molar-refractivity contribution in [1.29, 1.82) is 5.26 Å². The first-order chi connectivity index (χ1) is 17.9. The summed E-state index contributed by atoms with van der Waals surface area (Å²) in [5.74, 6) is 1.28. The van der Waals surface area contributed by atoms with E-state index < -0.39 is 0 Å². The monoisotopic (exact) mass is 502 g/mol. The Morgan fingerprint density at radius 3 is 2.51 bits per heavy atom. The van der Waals surface area contributed by atoms with Crippen LogP contribution in [0.15, 0.2) is 29.2 Å². The van der Waals surface area contributed by atoms with Gasteiger partial charge in [0.2, 0.25) is 0 Å². The summed E-state index contributed by atoms with van der Waals surface area (Å²) in [4.78, 5) is 28.0. The number of aryl methyl sites for hydroxylation is 1. The van der Waals surface area contributed by atoms with Gasteiger partial charge in [-0.15, -0.1) is 0 Å². The standard InChI is InChI=1S/C27H34N8O2/c1-18-21(16-28)6-5-7-22(18)19(2)29-26-23-17-35(34-12-14-37-15-13-34)27(36)25(24(23)30-20(3)31-26)33-10-8-32(4)9-11-33/h5-7,17,19H,8-15H2,1-4H3,(H,29,30,31)/t19-/m1/s1. The lowest BCUT2D eigenvalue weighted by Gasteiger charge is -2.36. The minimum absolute atomic E-state index is 0.0615. The zero-order valence-corrected chi connectivity index (χ0v) is 22.0. The zero-order chi connectivity index (χ0) is 26.1. The van der Waals surface area contributed by atoms with Crippen molar-refractivity contribution in [3.63, 3.8) is 0 Å². The molecule has 0 bridgehead atoms. The summed E-state index contributed by atoms with van der Waals surface area (Å²) in [5, 5.41) is 15.9. The molecule has 0 aliphatic carbocycles. The highest BCUT2D eigenvalue weighted by molar-refractivity contribution is 5.97. The minimum atomic E-state index is -0.110. The van der Waals surface area contributed by atoms with Crippen molar-refractivity contribution in [1.82, 2.24) is 19.5 Å². The molecule has 10 nitrogen and oxygen atoms in total. The summed E-state index contributed by atoms with van der Waals surface area (Å²) in [7, 11) is 2.10. The van der Waals surface area contributed by atoms with E-state index in [4.69, 9.17) is 14.7 Å². The Kier molecular flexibility index (Phi) is 7.00. The summed E-state index contributed by atoms with van der Waals surface area (Å²) in [6.07, 6.45) is 1.87. The molecule has 0 unspecified atom stereocenters. The molecule has 0 saturated carbocycles. The normalized spacial score (nSPS) is 17.6. The summed E-state index contributed by atoms with van der Waals surface area (Å²) >= 11 is 0. The lowest BCUT2D eigenvalue weighted by molar-refractivity contribution is 0.111. The van der Waals surface area contributed by atoms with Crippen LogP contribution in [0.4, 0.5) is 11.5 Å². The topological polar surface area (TPSA) is 103 Å². The van der Waals surface area contributed by atoms with E-state index in [0.29, 0.717) is 54.7 Å². The number of hydrogen-bond acceptors (Lipinski definition) is 9. The Bertz CT molecular complexity index is 1400. The smallest absolute Gasteiger partial charge is 0.294 e. The maximum absolute atomic E-state index is 14.0. The lowest BCUT2D eigenvalue weighted by atomic mass is 9.98. The maximum Gasteiger partial charge on any atom is 0.294 e. The molecule has 10 heteroatoms. The molecule has 2 fully saturated rings. The van der Waals surface area contributed by atoms with Crippen LogP contribution in [-0.4, -0.2) is 79.1 Å². The Morgan fingerprint density at radius 2 is 1.81 bits per heavy atom. The second-order valence-corrected chi connectivity index (χ2v) is 9.86. The largest absolute Gasteiger partial charge is 0.378 e. The van der Waals surface area contributed by atoms with Crippen LogP contribution in [0.3, 0.4) is 0 Å². The van der Waals surface area contributed by atoms with Crippen molar-refractivity contribution < 1.29 is 4.74 Å². The van der Waals surface area contributed by atoms with Crippen LogP contribution in [0.1, 0.15) is 35.5 Å². The third kappa shape index (κ3) is 4.84. The SMILES string of the molecule is Cc1nc(N[C@H](C)c2cccc(C#N)c2C)c2cn(N3CCOCC3)c(=O)c(N3CCN(C)CC3)c2n1. The van der Waals surface area contributed by atoms with Gasteiger partial charge in [0, 0.05) is 32.4 Å². The minimum Gasteiger partial charge on any atom is -0.378 e. The van der Waals surface area contributed by atoms with Gasteiger partial charge in [0.25, 0.3) is 5.56 Å². The number of nitrogens with zero attached hydrogens (tertiary/aromatic N) is 7. The molecule has 194 valence electrons. The van der Waals surface area contributed by atoms with Gasteiger partial charge >= 0.3 is 0 Å². The fourth-order valence-corrected chi connectivity index (χ4v) is 5.21. The van der Waals surface area contributed by atoms with Gasteiger partial charge in [-0.2, -0.15) is 5.26 Å². The Balaban J connectivity index is 1.65. The number of morpholine rings is 1. The number of anilines is 2. The first kappa shape index (κ1) is 25.0. The van der Waals surface area contributed by atoms with E-state index in [-0.39, 0.29) is 11.6 Å². The molecule has 2 saturated heterocycles. The van der Waals surface area contributed by atoms with Crippen LogP contribution in [0, 0.1) is 25.2 Å². The lowest BCUT2D eigenvalue weighted by Crippen LogP contribution is -2.51. The predicted octanol–water partition coefficient (Wildman–Crippen LogP) is 2.17. The summed E-state index contributed by atoms with van der Waals surface area (Å²) < 4.78 is 7.28. The maximum atomic E-state index is 14.0. The highest BCUT2D eigenvalue weighted by Gasteiger charge is 2.26. The molecule has 0 spiro atoms. The molecule has 2 aliphatic rings. The fraction of sp³-hybridized carbons (Fsp3) is 0.481. The third-order valence-corrected chi connectivity index (χ3v) is 7.37. The van der Waals surface area contributed by atoms with E-state index in [1.807, 2.05) is 43.3 Å². The molecule has 1 aromatic carbocycles. The molecule has 0 amide bonds. The van der Waals surface area contributed by atoms with Crippen molar-refractivity contribution in [2.45, 2.75) is 26.8 Å². The third-order valence-electron chi connectivity index (χ3n) is 7.37. The summed E-state index contributed by atoms with van der Waals surface area (Å²) in [5.41, 5.74) is 3.87. The molecule has 2 aliphatic heterocycles. The van der Waals surface area contributed by atoms with Gasteiger partial charge < -0.3 is 24.9 Å². The number of hydrogen-bond donors (Lipinski definition) is 1. The van der Waals surface area contributed by atoms with Crippen LogP contribution in [0.5, 0.6) is 0 Å². The second kappa shape index (κ2) is 10.4. The Labute approximate surface area is 217 Å². The molecular formula is C27H34N8O2. The number of ether oxygens (including phenoxy) is 1. The molecule has 2 aromatic heterocycles. The van der Waals surface area contributed by atoms with Crippen LogP contribution in [-0.2, 0) is 4.74 Å². The molecular weight excluding hydrogens is 468 g/mol. The number of nitriles is 1. The van der Waals surface area contributed by atoms with Gasteiger partial charge in [-0.25, -0.2) is 14.6 Å². The number of likely N-dealkylation sites (N-methyl/N-ethyl adjacent to an activating group) is 1.